The fraction of sp³-hybridized carbons (Fsp3) is 0.841. The third-order valence-corrected chi connectivity index (χ3v) is 10.9. The first-order chi connectivity index (χ1) is 30.5. The van der Waals surface area contributed by atoms with Crippen LogP contribution in [0.2, 0.25) is 0 Å². The lowest BCUT2D eigenvalue weighted by Gasteiger charge is -2.14. The lowest BCUT2D eigenvalue weighted by molar-refractivity contribution is -0.142. The lowest BCUT2D eigenvalue weighted by Crippen LogP contribution is -2.41. The highest BCUT2D eigenvalue weighted by Crippen LogP contribution is 2.14. The lowest BCUT2D eigenvalue weighted by atomic mass is 10.0. The number of ether oxygens (including phenoxy) is 4. The molecule has 7 N–H and O–H groups in total. The summed E-state index contributed by atoms with van der Waals surface area (Å²) in [5.41, 5.74) is 0. The van der Waals surface area contributed by atoms with Crippen molar-refractivity contribution in [2.75, 3.05) is 91.0 Å². The van der Waals surface area contributed by atoms with Gasteiger partial charge in [-0.2, -0.15) is 0 Å². The fourth-order valence-electron chi connectivity index (χ4n) is 6.19. The number of carbonyl (C=O) groups excluding carboxylic acids is 5. The van der Waals surface area contributed by atoms with Gasteiger partial charge in [0.05, 0.1) is 58.0 Å². The van der Waals surface area contributed by atoms with E-state index in [1.54, 1.807) is 7.05 Å². The molecule has 0 unspecified atom stereocenters. The molecule has 0 radical (unpaired) electrons. The van der Waals surface area contributed by atoms with E-state index in [1.807, 2.05) is 0 Å². The Kier molecular flexibility index (Phi) is 41.5. The summed E-state index contributed by atoms with van der Waals surface area (Å²) >= 11 is 1.39. The number of carboxylic acids is 2. The maximum Gasteiger partial charge on any atom is 0.326 e. The molecule has 0 fully saturated rings. The number of aliphatic carboxylic acids is 2. The molecule has 0 saturated carbocycles. The van der Waals surface area contributed by atoms with Crippen LogP contribution in [0.1, 0.15) is 135 Å². The van der Waals surface area contributed by atoms with Crippen LogP contribution in [-0.2, 0) is 52.5 Å². The second kappa shape index (κ2) is 43.9. The van der Waals surface area contributed by atoms with Crippen LogP contribution in [0.15, 0.2) is 0 Å². The Morgan fingerprint density at radius 1 is 0.492 bits per heavy atom. The Bertz CT molecular complexity index is 1230. The number of hydrogen-bond donors (Lipinski definition) is 7. The van der Waals surface area contributed by atoms with Crippen LogP contribution >= 0.6 is 11.8 Å². The average Bonchev–Trinajstić information content (AvgIpc) is 3.24. The number of rotatable bonds is 47. The zero-order valence-electron chi connectivity index (χ0n) is 38.3. The standard InChI is InChI=1S/C44H81N5O13S/c1-36(50)38(45-2)34-63-35-42(54)48-25-28-60-30-29-59-27-24-47-41(53)33-62-32-31-61-26-23-46-39(51)22-21-37(44(57)58)49-40(52)19-17-15-13-11-9-7-5-3-4-6-8-10-12-14-16-18-20-43(55)56/h37-38,45H,3-35H2,1-2H3,(H,46,51)(H,47,53)(H,48,54)(H,49,52)(H,55,56)(H,57,58)/t37-,38-/m0/s1. The fourth-order valence-corrected chi connectivity index (χ4v) is 7.24. The van der Waals surface area contributed by atoms with Crippen LogP contribution in [-0.4, -0.2) is 155 Å². The van der Waals surface area contributed by atoms with Crippen molar-refractivity contribution in [3.8, 4) is 0 Å². The molecule has 366 valence electrons. The van der Waals surface area contributed by atoms with Crippen molar-refractivity contribution in [1.82, 2.24) is 26.6 Å². The summed E-state index contributed by atoms with van der Waals surface area (Å²) in [6.45, 7) is 4.15. The molecule has 4 amide bonds. The molecule has 0 heterocycles. The third-order valence-electron chi connectivity index (χ3n) is 9.88. The van der Waals surface area contributed by atoms with Gasteiger partial charge >= 0.3 is 11.9 Å². The molecule has 0 aromatic heterocycles. The van der Waals surface area contributed by atoms with Gasteiger partial charge in [-0.15, -0.1) is 11.8 Å². The van der Waals surface area contributed by atoms with Crippen molar-refractivity contribution >= 4 is 53.1 Å². The maximum absolute atomic E-state index is 12.3. The van der Waals surface area contributed by atoms with Crippen LogP contribution in [0.4, 0.5) is 0 Å². The second-order valence-electron chi connectivity index (χ2n) is 15.5. The highest BCUT2D eigenvalue weighted by atomic mass is 32.2. The molecule has 0 aliphatic heterocycles. The van der Waals surface area contributed by atoms with Gasteiger partial charge in [0.25, 0.3) is 0 Å². The molecule has 63 heavy (non-hydrogen) atoms. The molecular formula is C44H81N5O13S. The minimum absolute atomic E-state index is 0.0211. The smallest absolute Gasteiger partial charge is 0.326 e. The van der Waals surface area contributed by atoms with E-state index in [9.17, 15) is 38.7 Å². The largest absolute Gasteiger partial charge is 0.481 e. The van der Waals surface area contributed by atoms with Crippen LogP contribution < -0.4 is 26.6 Å². The molecule has 19 heteroatoms. The van der Waals surface area contributed by atoms with Crippen LogP contribution in [0.3, 0.4) is 0 Å². The Morgan fingerprint density at radius 3 is 1.37 bits per heavy atom. The molecule has 0 bridgehead atoms. The summed E-state index contributed by atoms with van der Waals surface area (Å²) in [5.74, 6) is -2.15. The SMILES string of the molecule is CN[C@@H](CSCC(=O)NCCOCCOCCNC(=O)COCCOCCNC(=O)CC[C@H](NC(=O)CCCCCCCCCCCCCCCCCCC(=O)O)C(=O)O)C(C)=O. The number of ketones is 1. The summed E-state index contributed by atoms with van der Waals surface area (Å²) in [6, 6.07) is -1.40. The van der Waals surface area contributed by atoms with E-state index in [4.69, 9.17) is 24.1 Å². The molecular weight excluding hydrogens is 839 g/mol. The summed E-state index contributed by atoms with van der Waals surface area (Å²) in [4.78, 5) is 81.9. The van der Waals surface area contributed by atoms with Gasteiger partial charge in [0.15, 0.2) is 0 Å². The van der Waals surface area contributed by atoms with E-state index < -0.39 is 18.0 Å². The van der Waals surface area contributed by atoms with Gasteiger partial charge in [0.1, 0.15) is 18.4 Å². The minimum Gasteiger partial charge on any atom is -0.481 e. The third kappa shape index (κ3) is 42.4. The molecule has 0 aliphatic rings. The number of unbranched alkanes of at least 4 members (excludes halogenated alkanes) is 15. The number of Topliss-reactive ketones (excluding diaryl/α,β-unsaturated/α-hetero) is 1. The molecule has 0 aromatic rings. The van der Waals surface area contributed by atoms with E-state index in [1.165, 1.54) is 76.5 Å². The van der Waals surface area contributed by atoms with Gasteiger partial charge in [-0.1, -0.05) is 89.9 Å². The van der Waals surface area contributed by atoms with Gasteiger partial charge in [-0.3, -0.25) is 28.8 Å². The summed E-state index contributed by atoms with van der Waals surface area (Å²) in [6.07, 6.45) is 18.3. The molecule has 2 atom stereocenters. The van der Waals surface area contributed by atoms with E-state index in [0.29, 0.717) is 51.7 Å². The highest BCUT2D eigenvalue weighted by Gasteiger charge is 2.21. The number of hydrogen-bond acceptors (Lipinski definition) is 13. The number of carbonyl (C=O) groups is 7. The van der Waals surface area contributed by atoms with Crippen molar-refractivity contribution < 1.29 is 62.7 Å². The van der Waals surface area contributed by atoms with E-state index in [-0.39, 0.29) is 99.9 Å². The van der Waals surface area contributed by atoms with Gasteiger partial charge in [0.2, 0.25) is 23.6 Å². The molecule has 0 aliphatic carbocycles. The normalized spacial score (nSPS) is 12.0. The average molecular weight is 920 g/mol. The van der Waals surface area contributed by atoms with Crippen molar-refractivity contribution in [2.45, 2.75) is 147 Å². The maximum atomic E-state index is 12.3. The first kappa shape index (κ1) is 59.6. The summed E-state index contributed by atoms with van der Waals surface area (Å²) in [7, 11) is 1.71. The molecule has 0 aromatic carbocycles. The second-order valence-corrected chi connectivity index (χ2v) is 16.5. The summed E-state index contributed by atoms with van der Waals surface area (Å²) < 4.78 is 21.5. The Hall–Kier alpha value is -3.36. The Balaban J connectivity index is 3.63. The van der Waals surface area contributed by atoms with Crippen molar-refractivity contribution in [3.05, 3.63) is 0 Å². The Morgan fingerprint density at radius 2 is 0.921 bits per heavy atom. The van der Waals surface area contributed by atoms with Crippen LogP contribution in [0, 0.1) is 0 Å². The van der Waals surface area contributed by atoms with Crippen molar-refractivity contribution in [2.24, 2.45) is 0 Å². The number of amides is 4. The van der Waals surface area contributed by atoms with Gasteiger partial charge < -0.3 is 55.7 Å². The van der Waals surface area contributed by atoms with E-state index in [0.717, 1.165) is 38.5 Å². The van der Waals surface area contributed by atoms with E-state index >= 15 is 0 Å². The number of thioether (sulfide) groups is 1. The first-order valence-corrected chi connectivity index (χ1v) is 24.2. The Labute approximate surface area is 379 Å². The van der Waals surface area contributed by atoms with Crippen molar-refractivity contribution in [1.29, 1.82) is 0 Å². The predicted molar refractivity (Wildman–Crippen MR) is 243 cm³/mol. The quantitative estimate of drug-likeness (QED) is 0.0429. The van der Waals surface area contributed by atoms with Gasteiger partial charge in [0, 0.05) is 44.6 Å². The topological polar surface area (TPSA) is 257 Å². The molecule has 18 nitrogen and oxygen atoms in total. The first-order valence-electron chi connectivity index (χ1n) is 23.1. The van der Waals surface area contributed by atoms with Gasteiger partial charge in [-0.05, 0) is 33.2 Å². The molecule has 0 rings (SSSR count). The molecule has 0 spiro atoms. The number of carboxylic acid groups (broad SMARTS) is 2. The van der Waals surface area contributed by atoms with Crippen molar-refractivity contribution in [3.63, 3.8) is 0 Å². The monoisotopic (exact) mass is 920 g/mol. The number of nitrogens with one attached hydrogen (secondary N) is 5. The molecule has 0 saturated heterocycles. The zero-order valence-corrected chi connectivity index (χ0v) is 39.1. The van der Waals surface area contributed by atoms with E-state index in [2.05, 4.69) is 26.6 Å². The number of likely N-dealkylation sites (N-methyl/N-ethyl adjacent to an activating group) is 1. The minimum atomic E-state index is -1.18. The van der Waals surface area contributed by atoms with Crippen LogP contribution in [0.5, 0.6) is 0 Å². The van der Waals surface area contributed by atoms with Crippen LogP contribution in [0.25, 0.3) is 0 Å². The van der Waals surface area contributed by atoms with Gasteiger partial charge in [-0.25, -0.2) is 4.79 Å². The summed E-state index contributed by atoms with van der Waals surface area (Å²) in [5, 5.41) is 31.7. The predicted octanol–water partition coefficient (Wildman–Crippen LogP) is 3.77. The zero-order chi connectivity index (χ0) is 46.6. The highest BCUT2D eigenvalue weighted by molar-refractivity contribution is 8.00.